The van der Waals surface area contributed by atoms with Gasteiger partial charge in [-0.15, -0.1) is 0 Å². The highest BCUT2D eigenvalue weighted by Gasteiger charge is 2.33. The summed E-state index contributed by atoms with van der Waals surface area (Å²) in [6.07, 6.45) is 1.94. The zero-order valence-corrected chi connectivity index (χ0v) is 16.0. The van der Waals surface area contributed by atoms with Crippen molar-refractivity contribution in [2.75, 3.05) is 31.7 Å². The average molecular weight is 387 g/mol. The third-order valence-electron chi connectivity index (χ3n) is 5.24. The topological polar surface area (TPSA) is 97.2 Å². The molecule has 2 N–H and O–H groups in total. The number of aliphatic hydroxyl groups is 2. The number of fused-ring (bicyclic) bond motifs is 1. The number of piperidine rings is 1. The van der Waals surface area contributed by atoms with Crippen molar-refractivity contribution >= 4 is 5.82 Å². The molecule has 0 radical (unpaired) electrons. The Morgan fingerprint density at radius 3 is 2.71 bits per heavy atom. The zero-order chi connectivity index (χ0) is 19.7. The van der Waals surface area contributed by atoms with E-state index in [1.165, 1.54) is 0 Å². The number of nitrogens with zero attached hydrogens (tertiary/aromatic N) is 3. The van der Waals surface area contributed by atoms with Gasteiger partial charge in [0.25, 0.3) is 0 Å². The van der Waals surface area contributed by atoms with Crippen molar-refractivity contribution in [1.82, 2.24) is 9.97 Å². The second-order valence-electron chi connectivity index (χ2n) is 7.10. The number of hydrogen-bond donors (Lipinski definition) is 2. The zero-order valence-electron chi connectivity index (χ0n) is 16.0. The third-order valence-corrected chi connectivity index (χ3v) is 5.24. The molecule has 28 heavy (non-hydrogen) atoms. The number of rotatable bonds is 5. The molecule has 2 aliphatic rings. The first-order chi connectivity index (χ1) is 13.6. The molecule has 2 aromatic rings. The number of anilines is 1. The van der Waals surface area contributed by atoms with E-state index in [0.717, 1.165) is 43.1 Å². The van der Waals surface area contributed by atoms with Crippen LogP contribution in [-0.2, 0) is 4.74 Å². The van der Waals surface area contributed by atoms with Crippen LogP contribution in [0.5, 0.6) is 11.6 Å². The lowest BCUT2D eigenvalue weighted by Crippen LogP contribution is -2.39. The molecule has 0 spiro atoms. The van der Waals surface area contributed by atoms with Crippen molar-refractivity contribution in [3.05, 3.63) is 41.2 Å². The number of aliphatic hydroxyl groups excluding tert-OH is 2. The minimum atomic E-state index is -1.02. The molecule has 2 unspecified atom stereocenters. The van der Waals surface area contributed by atoms with E-state index in [1.54, 1.807) is 19.4 Å². The molecule has 0 amide bonds. The van der Waals surface area contributed by atoms with Gasteiger partial charge in [0.2, 0.25) is 5.88 Å². The van der Waals surface area contributed by atoms with Gasteiger partial charge in [-0.2, -0.15) is 0 Å². The van der Waals surface area contributed by atoms with Crippen LogP contribution in [-0.4, -0.2) is 53.1 Å². The predicted octanol–water partition coefficient (Wildman–Crippen LogP) is 1.90. The molecular weight excluding hydrogens is 362 g/mol. The molecule has 1 saturated heterocycles. The normalized spacial score (nSPS) is 22.2. The second kappa shape index (κ2) is 7.90. The van der Waals surface area contributed by atoms with Crippen molar-refractivity contribution in [2.24, 2.45) is 0 Å². The fraction of sp³-hybridized carbons (Fsp3) is 0.500. The lowest BCUT2D eigenvalue weighted by molar-refractivity contribution is -0.132. The Morgan fingerprint density at radius 1 is 1.29 bits per heavy atom. The van der Waals surface area contributed by atoms with E-state index in [9.17, 15) is 10.2 Å². The molecule has 150 valence electrons. The van der Waals surface area contributed by atoms with Crippen molar-refractivity contribution in [1.29, 1.82) is 0 Å². The number of methoxy groups -OCH3 is 1. The summed E-state index contributed by atoms with van der Waals surface area (Å²) in [5.41, 5.74) is 2.25. The van der Waals surface area contributed by atoms with Crippen molar-refractivity contribution in [3.8, 4) is 11.6 Å². The molecule has 1 fully saturated rings. The van der Waals surface area contributed by atoms with E-state index < -0.39 is 12.4 Å². The van der Waals surface area contributed by atoms with E-state index >= 15 is 0 Å². The van der Waals surface area contributed by atoms with Gasteiger partial charge in [-0.1, -0.05) is 0 Å². The number of hydrogen-bond acceptors (Lipinski definition) is 8. The summed E-state index contributed by atoms with van der Waals surface area (Å²) in [6, 6.07) is 5.56. The summed E-state index contributed by atoms with van der Waals surface area (Å²) in [4.78, 5) is 11.1. The molecule has 4 heterocycles. The van der Waals surface area contributed by atoms with Gasteiger partial charge in [-0.05, 0) is 24.6 Å². The highest BCUT2D eigenvalue weighted by atomic mass is 16.6. The first kappa shape index (κ1) is 18.9. The Hall–Kier alpha value is -2.42. The maximum Gasteiger partial charge on any atom is 0.213 e. The van der Waals surface area contributed by atoms with E-state index in [4.69, 9.17) is 19.2 Å². The van der Waals surface area contributed by atoms with Gasteiger partial charge in [-0.3, -0.25) is 0 Å². The SMILES string of the molecule is COc1ccc(OC2CCN(c3nc4c(cc3C)C(O)OC4CO)CC2)cn1. The molecule has 0 aromatic carbocycles. The Bertz CT molecular complexity index is 821. The lowest BCUT2D eigenvalue weighted by atomic mass is 10.0. The van der Waals surface area contributed by atoms with Crippen molar-refractivity contribution in [3.63, 3.8) is 0 Å². The van der Waals surface area contributed by atoms with Gasteiger partial charge in [0.1, 0.15) is 23.8 Å². The monoisotopic (exact) mass is 387 g/mol. The van der Waals surface area contributed by atoms with Crippen LogP contribution in [0.25, 0.3) is 0 Å². The minimum Gasteiger partial charge on any atom is -0.489 e. The highest BCUT2D eigenvalue weighted by Crippen LogP contribution is 2.39. The van der Waals surface area contributed by atoms with Crippen LogP contribution in [0.15, 0.2) is 24.4 Å². The van der Waals surface area contributed by atoms with E-state index in [0.29, 0.717) is 17.1 Å². The summed E-state index contributed by atoms with van der Waals surface area (Å²) in [6.45, 7) is 3.40. The molecule has 8 nitrogen and oxygen atoms in total. The molecule has 0 bridgehead atoms. The van der Waals surface area contributed by atoms with Gasteiger partial charge < -0.3 is 29.3 Å². The summed E-state index contributed by atoms with van der Waals surface area (Å²) in [5, 5.41) is 19.5. The molecule has 0 aliphatic carbocycles. The van der Waals surface area contributed by atoms with Gasteiger partial charge in [-0.25, -0.2) is 9.97 Å². The van der Waals surface area contributed by atoms with Crippen molar-refractivity contribution in [2.45, 2.75) is 38.3 Å². The standard InChI is InChI=1S/C20H25N3O5/c1-12-9-15-18(16(11-24)28-20(15)25)22-19(12)23-7-5-13(6-8-23)27-14-3-4-17(26-2)21-10-14/h3-4,9-10,13,16,20,24-25H,5-8,11H2,1-2H3. The fourth-order valence-electron chi connectivity index (χ4n) is 3.77. The Kier molecular flexibility index (Phi) is 5.34. The van der Waals surface area contributed by atoms with Crippen LogP contribution in [0, 0.1) is 6.92 Å². The molecule has 8 heteroatoms. The number of ether oxygens (including phenoxy) is 3. The molecular formula is C20H25N3O5. The molecule has 4 rings (SSSR count). The first-order valence-corrected chi connectivity index (χ1v) is 9.46. The number of aryl methyl sites for hydroxylation is 1. The van der Waals surface area contributed by atoms with E-state index in [-0.39, 0.29) is 12.7 Å². The van der Waals surface area contributed by atoms with Crippen LogP contribution in [0.3, 0.4) is 0 Å². The van der Waals surface area contributed by atoms with Gasteiger partial charge >= 0.3 is 0 Å². The fourth-order valence-corrected chi connectivity index (χ4v) is 3.77. The number of aromatic nitrogens is 2. The molecule has 2 atom stereocenters. The number of pyridine rings is 2. The van der Waals surface area contributed by atoms with E-state index in [1.807, 2.05) is 19.1 Å². The van der Waals surface area contributed by atoms with Crippen LogP contribution in [0.1, 0.15) is 42.1 Å². The van der Waals surface area contributed by atoms with Gasteiger partial charge in [0.05, 0.1) is 25.6 Å². The Balaban J connectivity index is 1.42. The van der Waals surface area contributed by atoms with Gasteiger partial charge in [0, 0.05) is 37.6 Å². The lowest BCUT2D eigenvalue weighted by Gasteiger charge is -2.34. The molecule has 0 saturated carbocycles. The first-order valence-electron chi connectivity index (χ1n) is 9.46. The minimum absolute atomic E-state index is 0.122. The highest BCUT2D eigenvalue weighted by molar-refractivity contribution is 5.51. The maximum absolute atomic E-state index is 10.00. The average Bonchev–Trinajstić information content (AvgIpc) is 3.03. The smallest absolute Gasteiger partial charge is 0.213 e. The van der Waals surface area contributed by atoms with Crippen LogP contribution >= 0.6 is 0 Å². The predicted molar refractivity (Wildman–Crippen MR) is 101 cm³/mol. The Labute approximate surface area is 163 Å². The molecule has 2 aromatic heterocycles. The summed E-state index contributed by atoms with van der Waals surface area (Å²) in [7, 11) is 1.59. The maximum atomic E-state index is 10.00. The molecule has 2 aliphatic heterocycles. The van der Waals surface area contributed by atoms with Crippen LogP contribution in [0.2, 0.25) is 0 Å². The summed E-state index contributed by atoms with van der Waals surface area (Å²) in [5.74, 6) is 2.18. The van der Waals surface area contributed by atoms with Crippen molar-refractivity contribution < 1.29 is 24.4 Å². The van der Waals surface area contributed by atoms with E-state index in [2.05, 4.69) is 9.88 Å². The second-order valence-corrected chi connectivity index (χ2v) is 7.10. The quantitative estimate of drug-likeness (QED) is 0.803. The van der Waals surface area contributed by atoms with Crippen LogP contribution < -0.4 is 14.4 Å². The van der Waals surface area contributed by atoms with Gasteiger partial charge in [0.15, 0.2) is 6.29 Å². The third kappa shape index (κ3) is 3.63. The largest absolute Gasteiger partial charge is 0.489 e. The van der Waals surface area contributed by atoms with Crippen LogP contribution in [0.4, 0.5) is 5.82 Å². The summed E-state index contributed by atoms with van der Waals surface area (Å²) >= 11 is 0. The Morgan fingerprint density at radius 2 is 2.07 bits per heavy atom. The summed E-state index contributed by atoms with van der Waals surface area (Å²) < 4.78 is 16.5.